The number of benzene rings is 1. The quantitative estimate of drug-likeness (QED) is 0.794. The molecule has 0 aliphatic carbocycles. The van der Waals surface area contributed by atoms with Crippen LogP contribution in [-0.2, 0) is 0 Å². The lowest BCUT2D eigenvalue weighted by Gasteiger charge is -2.10. The van der Waals surface area contributed by atoms with Crippen molar-refractivity contribution in [2.75, 3.05) is 13.1 Å². The van der Waals surface area contributed by atoms with Crippen LogP contribution in [0, 0.1) is 6.92 Å². The first-order valence-corrected chi connectivity index (χ1v) is 7.69. The van der Waals surface area contributed by atoms with E-state index in [1.807, 2.05) is 33.2 Å². The van der Waals surface area contributed by atoms with E-state index in [0.717, 1.165) is 36.4 Å². The maximum Gasteiger partial charge on any atom is 0.346 e. The Bertz CT molecular complexity index is 680. The summed E-state index contributed by atoms with van der Waals surface area (Å²) in [5.41, 5.74) is 2.23. The van der Waals surface area contributed by atoms with Crippen molar-refractivity contribution in [3.05, 3.63) is 46.2 Å². The number of nitrogens with zero attached hydrogens (tertiary/aromatic N) is 3. The molecule has 2 aromatic rings. The van der Waals surface area contributed by atoms with Gasteiger partial charge in [-0.2, -0.15) is 4.99 Å². The number of rotatable bonds is 1. The van der Waals surface area contributed by atoms with Gasteiger partial charge in [0, 0.05) is 30.4 Å². The molecule has 0 N–H and O–H groups in total. The van der Waals surface area contributed by atoms with E-state index in [2.05, 4.69) is 24.0 Å². The number of aromatic nitrogens is 1. The molecule has 0 radical (unpaired) electrons. The monoisotopic (exact) mass is 287 g/mol. The highest BCUT2D eigenvalue weighted by atomic mass is 32.1. The summed E-state index contributed by atoms with van der Waals surface area (Å²) in [6, 6.07) is 8.07. The summed E-state index contributed by atoms with van der Waals surface area (Å²) in [5, 5.41) is 1.96. The molecule has 3 rings (SSSR count). The first kappa shape index (κ1) is 13.1. The number of urea groups is 1. The zero-order valence-corrected chi connectivity index (χ0v) is 12.3. The molecule has 104 valence electrons. The zero-order chi connectivity index (χ0) is 13.9. The standard InChI is InChI=1S/C15H17N3OS/c1-12-5-4-6-13(11-12)18-9-10-20-15(18)16-14(19)17-7-2-3-8-17/h4-6,9-11H,2-3,7-8H2,1H3. The van der Waals surface area contributed by atoms with E-state index in [4.69, 9.17) is 0 Å². The summed E-state index contributed by atoms with van der Waals surface area (Å²) in [5.74, 6) is 0. The summed E-state index contributed by atoms with van der Waals surface area (Å²) in [6.45, 7) is 3.72. The molecule has 1 aliphatic rings. The molecule has 4 nitrogen and oxygen atoms in total. The zero-order valence-electron chi connectivity index (χ0n) is 11.5. The van der Waals surface area contributed by atoms with E-state index in [1.165, 1.54) is 16.9 Å². The minimum Gasteiger partial charge on any atom is -0.323 e. The number of amides is 2. The van der Waals surface area contributed by atoms with Crippen molar-refractivity contribution in [1.29, 1.82) is 0 Å². The van der Waals surface area contributed by atoms with Crippen LogP contribution < -0.4 is 4.80 Å². The van der Waals surface area contributed by atoms with Crippen LogP contribution in [0.2, 0.25) is 0 Å². The van der Waals surface area contributed by atoms with Crippen molar-refractivity contribution in [2.45, 2.75) is 19.8 Å². The second-order valence-electron chi connectivity index (χ2n) is 4.98. The predicted octanol–water partition coefficient (Wildman–Crippen LogP) is 2.96. The minimum atomic E-state index is -0.119. The van der Waals surface area contributed by atoms with E-state index in [9.17, 15) is 4.79 Å². The third kappa shape index (κ3) is 2.67. The molecule has 20 heavy (non-hydrogen) atoms. The third-order valence-electron chi connectivity index (χ3n) is 3.44. The van der Waals surface area contributed by atoms with Crippen molar-refractivity contribution in [1.82, 2.24) is 9.47 Å². The average molecular weight is 287 g/mol. The third-order valence-corrected chi connectivity index (χ3v) is 4.19. The Morgan fingerprint density at radius 2 is 2.10 bits per heavy atom. The summed E-state index contributed by atoms with van der Waals surface area (Å²) in [4.78, 5) is 18.9. The number of hydrogen-bond acceptors (Lipinski definition) is 2. The predicted molar refractivity (Wildman–Crippen MR) is 80.1 cm³/mol. The Balaban J connectivity index is 1.95. The fourth-order valence-electron chi connectivity index (χ4n) is 2.39. The molecule has 2 heterocycles. The Labute approximate surface area is 122 Å². The minimum absolute atomic E-state index is 0.119. The van der Waals surface area contributed by atoms with Crippen molar-refractivity contribution >= 4 is 17.4 Å². The molecular weight excluding hydrogens is 270 g/mol. The van der Waals surface area contributed by atoms with Gasteiger partial charge in [-0.3, -0.25) is 4.57 Å². The highest BCUT2D eigenvalue weighted by Gasteiger charge is 2.17. The van der Waals surface area contributed by atoms with Gasteiger partial charge in [-0.1, -0.05) is 12.1 Å². The van der Waals surface area contributed by atoms with E-state index in [1.54, 1.807) is 0 Å². The van der Waals surface area contributed by atoms with Crippen LogP contribution in [0.4, 0.5) is 4.79 Å². The van der Waals surface area contributed by atoms with Crippen LogP contribution in [-0.4, -0.2) is 28.6 Å². The number of carbonyl (C=O) groups excluding carboxylic acids is 1. The van der Waals surface area contributed by atoms with Crippen LogP contribution in [0.3, 0.4) is 0 Å². The van der Waals surface area contributed by atoms with Gasteiger partial charge in [-0.05, 0) is 37.5 Å². The lowest BCUT2D eigenvalue weighted by atomic mass is 10.2. The van der Waals surface area contributed by atoms with Gasteiger partial charge in [-0.15, -0.1) is 11.3 Å². The topological polar surface area (TPSA) is 37.6 Å². The van der Waals surface area contributed by atoms with Gasteiger partial charge >= 0.3 is 6.03 Å². The molecular formula is C15H17N3OS. The molecule has 2 amide bonds. The van der Waals surface area contributed by atoms with Gasteiger partial charge in [0.15, 0.2) is 4.80 Å². The fraction of sp³-hybridized carbons (Fsp3) is 0.333. The van der Waals surface area contributed by atoms with Crippen LogP contribution in [0.25, 0.3) is 5.69 Å². The Kier molecular flexibility index (Phi) is 3.69. The Morgan fingerprint density at radius 1 is 1.30 bits per heavy atom. The van der Waals surface area contributed by atoms with Gasteiger partial charge in [-0.25, -0.2) is 4.79 Å². The van der Waals surface area contributed by atoms with E-state index in [0.29, 0.717) is 0 Å². The highest BCUT2D eigenvalue weighted by molar-refractivity contribution is 7.07. The van der Waals surface area contributed by atoms with Crippen LogP contribution in [0.1, 0.15) is 18.4 Å². The van der Waals surface area contributed by atoms with E-state index in [-0.39, 0.29) is 6.03 Å². The molecule has 0 saturated carbocycles. The van der Waals surface area contributed by atoms with Crippen LogP contribution in [0.5, 0.6) is 0 Å². The molecule has 0 spiro atoms. The van der Waals surface area contributed by atoms with Crippen LogP contribution in [0.15, 0.2) is 40.8 Å². The maximum atomic E-state index is 12.1. The summed E-state index contributed by atoms with van der Waals surface area (Å²) in [6.07, 6.45) is 4.13. The number of hydrogen-bond donors (Lipinski definition) is 0. The first-order valence-electron chi connectivity index (χ1n) is 6.81. The summed E-state index contributed by atoms with van der Waals surface area (Å²) >= 11 is 1.49. The Morgan fingerprint density at radius 3 is 2.85 bits per heavy atom. The molecule has 1 fully saturated rings. The number of thiazole rings is 1. The number of likely N-dealkylation sites (tertiary alicyclic amines) is 1. The van der Waals surface area contributed by atoms with Gasteiger partial charge in [0.25, 0.3) is 0 Å². The average Bonchev–Trinajstić information content (AvgIpc) is 3.09. The molecule has 1 saturated heterocycles. The lowest BCUT2D eigenvalue weighted by Crippen LogP contribution is -2.27. The lowest BCUT2D eigenvalue weighted by molar-refractivity contribution is 0.218. The molecule has 5 heteroatoms. The molecule has 0 bridgehead atoms. The van der Waals surface area contributed by atoms with Gasteiger partial charge in [0.05, 0.1) is 0 Å². The van der Waals surface area contributed by atoms with E-state index >= 15 is 0 Å². The van der Waals surface area contributed by atoms with Gasteiger partial charge < -0.3 is 4.90 Å². The maximum absolute atomic E-state index is 12.1. The van der Waals surface area contributed by atoms with Crippen molar-refractivity contribution in [3.8, 4) is 5.69 Å². The molecule has 1 aromatic heterocycles. The van der Waals surface area contributed by atoms with Gasteiger partial charge in [0.2, 0.25) is 0 Å². The highest BCUT2D eigenvalue weighted by Crippen LogP contribution is 2.10. The SMILES string of the molecule is Cc1cccc(-n2ccsc2=NC(=O)N2CCCC2)c1. The normalized spacial score (nSPS) is 15.8. The molecule has 0 atom stereocenters. The summed E-state index contributed by atoms with van der Waals surface area (Å²) < 4.78 is 1.96. The molecule has 1 aromatic carbocycles. The second kappa shape index (κ2) is 5.63. The number of carbonyl (C=O) groups is 1. The smallest absolute Gasteiger partial charge is 0.323 e. The second-order valence-corrected chi connectivity index (χ2v) is 5.86. The molecule has 1 aliphatic heterocycles. The molecule has 0 unspecified atom stereocenters. The first-order chi connectivity index (χ1) is 9.74. The largest absolute Gasteiger partial charge is 0.346 e. The summed E-state index contributed by atoms with van der Waals surface area (Å²) in [7, 11) is 0. The van der Waals surface area contributed by atoms with Crippen molar-refractivity contribution in [2.24, 2.45) is 4.99 Å². The Hall–Kier alpha value is -1.88. The van der Waals surface area contributed by atoms with Crippen LogP contribution >= 0.6 is 11.3 Å². The van der Waals surface area contributed by atoms with Crippen molar-refractivity contribution < 1.29 is 4.79 Å². The van der Waals surface area contributed by atoms with Crippen molar-refractivity contribution in [3.63, 3.8) is 0 Å². The van der Waals surface area contributed by atoms with Gasteiger partial charge in [0.1, 0.15) is 0 Å². The fourth-order valence-corrected chi connectivity index (χ4v) is 3.10. The number of aryl methyl sites for hydroxylation is 1. The van der Waals surface area contributed by atoms with E-state index < -0.39 is 0 Å².